The molecular weight excluding hydrogens is 537 g/mol. The number of benzene rings is 3. The number of aromatic nitrogens is 1. The molecule has 10 heteroatoms. The van der Waals surface area contributed by atoms with E-state index < -0.39 is 30.0 Å². The lowest BCUT2D eigenvalue weighted by atomic mass is 9.92. The van der Waals surface area contributed by atoms with Crippen LogP contribution in [0.2, 0.25) is 10.0 Å². The molecule has 0 aliphatic heterocycles. The van der Waals surface area contributed by atoms with Crippen molar-refractivity contribution in [1.82, 2.24) is 4.98 Å². The van der Waals surface area contributed by atoms with Crippen molar-refractivity contribution in [3.05, 3.63) is 105 Å². The van der Waals surface area contributed by atoms with Gasteiger partial charge < -0.3 is 5.32 Å². The van der Waals surface area contributed by atoms with Crippen molar-refractivity contribution in [3.63, 3.8) is 0 Å². The smallest absolute Gasteiger partial charge is 0.381 e. The Labute approximate surface area is 218 Å². The predicted octanol–water partition coefficient (Wildman–Crippen LogP) is 9.68. The lowest BCUT2D eigenvalue weighted by Gasteiger charge is -2.21. The van der Waals surface area contributed by atoms with E-state index in [9.17, 15) is 26.3 Å². The Morgan fingerprint density at radius 1 is 0.757 bits per heavy atom. The maximum Gasteiger partial charge on any atom is 0.416 e. The first-order chi connectivity index (χ1) is 17.3. The van der Waals surface area contributed by atoms with E-state index in [1.54, 1.807) is 43.3 Å². The van der Waals surface area contributed by atoms with Gasteiger partial charge >= 0.3 is 12.4 Å². The van der Waals surface area contributed by atoms with E-state index in [1.165, 1.54) is 24.4 Å². The number of anilines is 1. The molecule has 1 aromatic heterocycles. The number of pyridine rings is 1. The van der Waals surface area contributed by atoms with Gasteiger partial charge in [0.1, 0.15) is 0 Å². The van der Waals surface area contributed by atoms with Crippen LogP contribution in [0.25, 0.3) is 22.3 Å². The van der Waals surface area contributed by atoms with E-state index >= 15 is 0 Å². The van der Waals surface area contributed by atoms with Crippen LogP contribution in [0.3, 0.4) is 0 Å². The molecule has 0 atom stereocenters. The van der Waals surface area contributed by atoms with Gasteiger partial charge in [-0.05, 0) is 66.1 Å². The third-order valence-corrected chi connectivity index (χ3v) is 6.26. The van der Waals surface area contributed by atoms with Gasteiger partial charge in [-0.3, -0.25) is 4.98 Å². The Kier molecular flexibility index (Phi) is 7.44. The van der Waals surface area contributed by atoms with Crippen molar-refractivity contribution in [2.75, 3.05) is 5.32 Å². The molecule has 0 spiro atoms. The second-order valence-corrected chi connectivity index (χ2v) is 9.13. The number of alkyl halides is 6. The maximum atomic E-state index is 14.0. The summed E-state index contributed by atoms with van der Waals surface area (Å²) in [5, 5.41) is 3.76. The Hall–Kier alpha value is -3.23. The summed E-state index contributed by atoms with van der Waals surface area (Å²) in [4.78, 5) is 4.05. The van der Waals surface area contributed by atoms with Crippen molar-refractivity contribution in [2.45, 2.75) is 25.8 Å². The number of halogens is 8. The minimum atomic E-state index is -5.03. The molecular formula is C27H18Cl2F6N2. The Morgan fingerprint density at radius 3 is 2.00 bits per heavy atom. The van der Waals surface area contributed by atoms with Crippen LogP contribution in [-0.4, -0.2) is 4.98 Å². The van der Waals surface area contributed by atoms with Crippen LogP contribution in [0.15, 0.2) is 72.9 Å². The Morgan fingerprint density at radius 2 is 1.43 bits per heavy atom. The number of nitrogens with zero attached hydrogens (tertiary/aromatic N) is 1. The fourth-order valence-electron chi connectivity index (χ4n) is 3.84. The highest BCUT2D eigenvalue weighted by Crippen LogP contribution is 2.42. The highest BCUT2D eigenvalue weighted by molar-refractivity contribution is 6.33. The van der Waals surface area contributed by atoms with Crippen molar-refractivity contribution in [3.8, 4) is 22.3 Å². The van der Waals surface area contributed by atoms with Gasteiger partial charge in [-0.25, -0.2) is 0 Å². The van der Waals surface area contributed by atoms with E-state index in [2.05, 4.69) is 10.3 Å². The zero-order chi connectivity index (χ0) is 27.0. The molecule has 1 N–H and O–H groups in total. The van der Waals surface area contributed by atoms with Gasteiger partial charge in [0.15, 0.2) is 0 Å². The number of rotatable bonds is 5. The van der Waals surface area contributed by atoms with E-state index in [-0.39, 0.29) is 22.8 Å². The van der Waals surface area contributed by atoms with Crippen molar-refractivity contribution in [1.29, 1.82) is 0 Å². The zero-order valence-corrected chi connectivity index (χ0v) is 20.6. The summed E-state index contributed by atoms with van der Waals surface area (Å²) in [5.74, 6) is 0. The Bertz CT molecular complexity index is 1410. The summed E-state index contributed by atoms with van der Waals surface area (Å²) < 4.78 is 82.5. The molecule has 0 unspecified atom stereocenters. The molecule has 0 saturated carbocycles. The summed E-state index contributed by atoms with van der Waals surface area (Å²) in [7, 11) is 0. The third-order valence-electron chi connectivity index (χ3n) is 5.70. The number of nitrogens with one attached hydrogen (secondary N) is 1. The van der Waals surface area contributed by atoms with Gasteiger partial charge in [-0.2, -0.15) is 26.3 Å². The number of hydrogen-bond acceptors (Lipinski definition) is 2. The quantitative estimate of drug-likeness (QED) is 0.248. The highest BCUT2D eigenvalue weighted by atomic mass is 35.5. The minimum Gasteiger partial charge on any atom is -0.381 e. The number of hydrogen-bond donors (Lipinski definition) is 1. The summed E-state index contributed by atoms with van der Waals surface area (Å²) in [6, 6.07) is 15.6. The SMILES string of the molecule is Cc1ccc(-c2cc(C(F)(F)F)cc(C(F)(F)F)c2CNc2ccc(-c3ccc(Cl)cc3)c(Cl)c2)cn1. The standard InChI is InChI=1S/C27H18Cl2F6N2/c1-15-2-3-17(13-36-15)22-10-18(26(30,31)32)11-24(27(33,34)35)23(22)14-37-20-8-9-21(25(29)12-20)16-4-6-19(28)7-5-16/h2-13,37H,14H2,1H3. The second kappa shape index (κ2) is 10.3. The molecule has 3 aromatic carbocycles. The zero-order valence-electron chi connectivity index (χ0n) is 19.1. The first kappa shape index (κ1) is 26.8. The van der Waals surface area contributed by atoms with Crippen LogP contribution >= 0.6 is 23.2 Å². The van der Waals surface area contributed by atoms with Gasteiger partial charge in [-0.15, -0.1) is 0 Å². The van der Waals surface area contributed by atoms with Gasteiger partial charge in [-0.1, -0.05) is 47.5 Å². The van der Waals surface area contributed by atoms with E-state index in [0.717, 1.165) is 11.6 Å². The first-order valence-electron chi connectivity index (χ1n) is 10.9. The fourth-order valence-corrected chi connectivity index (χ4v) is 4.26. The lowest BCUT2D eigenvalue weighted by molar-refractivity contribution is -0.143. The van der Waals surface area contributed by atoms with Gasteiger partial charge in [0.25, 0.3) is 0 Å². The molecule has 0 fully saturated rings. The van der Waals surface area contributed by atoms with Gasteiger partial charge in [0, 0.05) is 40.3 Å². The molecule has 0 saturated heterocycles. The molecule has 0 radical (unpaired) electrons. The van der Waals surface area contributed by atoms with Gasteiger partial charge in [0.05, 0.1) is 16.1 Å². The topological polar surface area (TPSA) is 24.9 Å². The summed E-state index contributed by atoms with van der Waals surface area (Å²) in [6.07, 6.45) is -8.74. The van der Waals surface area contributed by atoms with Crippen LogP contribution < -0.4 is 5.32 Å². The maximum absolute atomic E-state index is 14.0. The van der Waals surface area contributed by atoms with Crippen LogP contribution in [-0.2, 0) is 18.9 Å². The molecule has 2 nitrogen and oxygen atoms in total. The molecule has 1 heterocycles. The van der Waals surface area contributed by atoms with E-state index in [1.807, 2.05) is 0 Å². The molecule has 0 aliphatic carbocycles. The average molecular weight is 555 g/mol. The lowest BCUT2D eigenvalue weighted by Crippen LogP contribution is -2.17. The Balaban J connectivity index is 1.75. The highest BCUT2D eigenvalue weighted by Gasteiger charge is 2.39. The number of aryl methyl sites for hydroxylation is 1. The molecule has 0 aliphatic rings. The molecule has 4 aromatic rings. The molecule has 0 bridgehead atoms. The van der Waals surface area contributed by atoms with E-state index in [4.69, 9.17) is 23.2 Å². The monoisotopic (exact) mass is 554 g/mol. The van der Waals surface area contributed by atoms with Crippen molar-refractivity contribution >= 4 is 28.9 Å². The van der Waals surface area contributed by atoms with E-state index in [0.29, 0.717) is 27.0 Å². The van der Waals surface area contributed by atoms with Crippen LogP contribution in [0.1, 0.15) is 22.4 Å². The van der Waals surface area contributed by atoms with Gasteiger partial charge in [0.2, 0.25) is 0 Å². The average Bonchev–Trinajstić information content (AvgIpc) is 2.82. The first-order valence-corrected chi connectivity index (χ1v) is 11.6. The third kappa shape index (κ3) is 6.19. The molecule has 192 valence electrons. The molecule has 0 amide bonds. The van der Waals surface area contributed by atoms with Crippen LogP contribution in [0, 0.1) is 6.92 Å². The minimum absolute atomic E-state index is 0.134. The molecule has 4 rings (SSSR count). The summed E-state index contributed by atoms with van der Waals surface area (Å²) >= 11 is 12.3. The van der Waals surface area contributed by atoms with Crippen molar-refractivity contribution < 1.29 is 26.3 Å². The largest absolute Gasteiger partial charge is 0.416 e. The fraction of sp³-hybridized carbons (Fsp3) is 0.148. The van der Waals surface area contributed by atoms with Crippen LogP contribution in [0.4, 0.5) is 32.0 Å². The predicted molar refractivity (Wildman–Crippen MR) is 134 cm³/mol. The normalized spacial score (nSPS) is 12.0. The second-order valence-electron chi connectivity index (χ2n) is 8.29. The van der Waals surface area contributed by atoms with Crippen LogP contribution in [0.5, 0.6) is 0 Å². The van der Waals surface area contributed by atoms with Crippen molar-refractivity contribution in [2.24, 2.45) is 0 Å². The molecule has 37 heavy (non-hydrogen) atoms. The summed E-state index contributed by atoms with van der Waals surface area (Å²) in [6.45, 7) is 1.25. The summed E-state index contributed by atoms with van der Waals surface area (Å²) in [5.41, 5.74) is -0.766.